The van der Waals surface area contributed by atoms with Crippen LogP contribution in [0.5, 0.6) is 0 Å². The number of carboxylic acids is 1. The number of rotatable bonds is 4. The van der Waals surface area contributed by atoms with E-state index in [9.17, 15) is 14.9 Å². The summed E-state index contributed by atoms with van der Waals surface area (Å²) in [6.45, 7) is 3.84. The lowest BCUT2D eigenvalue weighted by Gasteiger charge is -2.06. The molecule has 0 aliphatic rings. The third kappa shape index (κ3) is 4.08. The number of benzene rings is 2. The molecule has 0 aliphatic carbocycles. The van der Waals surface area contributed by atoms with Gasteiger partial charge >= 0.3 is 5.97 Å². The molecule has 2 rings (SSSR count). The number of hydrogen-bond acceptors (Lipinski definition) is 3. The minimum absolute atomic E-state index is 0.0222. The SMILES string of the molecule is Cc1ccc(C)c(/C=C(\C#N)C(=O)Nc2ccc(C(=O)O)cc2)c1. The lowest BCUT2D eigenvalue weighted by Crippen LogP contribution is -2.13. The summed E-state index contributed by atoms with van der Waals surface area (Å²) in [7, 11) is 0. The van der Waals surface area contributed by atoms with Crippen molar-refractivity contribution in [2.75, 3.05) is 5.32 Å². The van der Waals surface area contributed by atoms with Gasteiger partial charge in [0.25, 0.3) is 5.91 Å². The molecular formula is C19H16N2O3. The summed E-state index contributed by atoms with van der Waals surface area (Å²) in [5, 5.41) is 20.7. The molecule has 0 radical (unpaired) electrons. The molecule has 120 valence electrons. The zero-order chi connectivity index (χ0) is 17.7. The van der Waals surface area contributed by atoms with Crippen molar-refractivity contribution in [3.63, 3.8) is 0 Å². The summed E-state index contributed by atoms with van der Waals surface area (Å²) in [5.41, 5.74) is 3.33. The summed E-state index contributed by atoms with van der Waals surface area (Å²) in [5.74, 6) is -1.58. The van der Waals surface area contributed by atoms with Gasteiger partial charge in [-0.3, -0.25) is 4.79 Å². The normalized spacial score (nSPS) is 10.8. The smallest absolute Gasteiger partial charge is 0.335 e. The summed E-state index contributed by atoms with van der Waals surface area (Å²) in [4.78, 5) is 23.1. The van der Waals surface area contributed by atoms with Crippen LogP contribution in [0.2, 0.25) is 0 Å². The Hall–Kier alpha value is -3.39. The highest BCUT2D eigenvalue weighted by Crippen LogP contribution is 2.16. The minimum atomic E-state index is -1.04. The van der Waals surface area contributed by atoms with Gasteiger partial charge in [0.1, 0.15) is 11.6 Å². The lowest BCUT2D eigenvalue weighted by atomic mass is 10.0. The van der Waals surface area contributed by atoms with Gasteiger partial charge in [-0.15, -0.1) is 0 Å². The fourth-order valence-electron chi connectivity index (χ4n) is 2.11. The van der Waals surface area contributed by atoms with Gasteiger partial charge in [0, 0.05) is 5.69 Å². The van der Waals surface area contributed by atoms with E-state index in [0.29, 0.717) is 5.69 Å². The van der Waals surface area contributed by atoms with E-state index in [4.69, 9.17) is 5.11 Å². The van der Waals surface area contributed by atoms with Crippen molar-refractivity contribution in [1.29, 1.82) is 5.26 Å². The Kier molecular flexibility index (Phi) is 5.13. The number of nitriles is 1. The quantitative estimate of drug-likeness (QED) is 0.666. The highest BCUT2D eigenvalue weighted by Gasteiger charge is 2.11. The number of amides is 1. The van der Waals surface area contributed by atoms with E-state index >= 15 is 0 Å². The summed E-state index contributed by atoms with van der Waals surface area (Å²) >= 11 is 0. The molecule has 0 spiro atoms. The van der Waals surface area contributed by atoms with E-state index in [2.05, 4.69) is 5.32 Å². The Morgan fingerprint density at radius 3 is 2.38 bits per heavy atom. The average molecular weight is 320 g/mol. The Bertz CT molecular complexity index is 859. The van der Waals surface area contributed by atoms with E-state index in [1.54, 1.807) is 6.08 Å². The lowest BCUT2D eigenvalue weighted by molar-refractivity contribution is -0.112. The van der Waals surface area contributed by atoms with Crippen molar-refractivity contribution in [3.8, 4) is 6.07 Å². The van der Waals surface area contributed by atoms with Crippen molar-refractivity contribution >= 4 is 23.6 Å². The number of carboxylic acid groups (broad SMARTS) is 1. The predicted octanol–water partition coefficient (Wildman–Crippen LogP) is 3.55. The largest absolute Gasteiger partial charge is 0.478 e. The zero-order valence-corrected chi connectivity index (χ0v) is 13.3. The van der Waals surface area contributed by atoms with E-state index in [0.717, 1.165) is 16.7 Å². The molecule has 0 saturated heterocycles. The number of aromatic carboxylic acids is 1. The van der Waals surface area contributed by atoms with Crippen LogP contribution in [0.1, 0.15) is 27.0 Å². The first-order valence-corrected chi connectivity index (χ1v) is 7.24. The summed E-state index contributed by atoms with van der Waals surface area (Å²) < 4.78 is 0. The molecule has 2 aromatic rings. The molecule has 2 N–H and O–H groups in total. The number of carbonyl (C=O) groups is 2. The molecule has 1 amide bonds. The first kappa shape index (κ1) is 17.0. The van der Waals surface area contributed by atoms with Gasteiger partial charge < -0.3 is 10.4 Å². The first-order chi connectivity index (χ1) is 11.4. The number of aryl methyl sites for hydroxylation is 2. The van der Waals surface area contributed by atoms with Crippen LogP contribution in [0.3, 0.4) is 0 Å². The second kappa shape index (κ2) is 7.25. The van der Waals surface area contributed by atoms with Gasteiger partial charge in [-0.2, -0.15) is 5.26 Å². The highest BCUT2D eigenvalue weighted by molar-refractivity contribution is 6.09. The summed E-state index contributed by atoms with van der Waals surface area (Å²) in [6, 6.07) is 13.4. The maximum absolute atomic E-state index is 12.2. The van der Waals surface area contributed by atoms with Crippen LogP contribution < -0.4 is 5.32 Å². The predicted molar refractivity (Wildman–Crippen MR) is 91.5 cm³/mol. The van der Waals surface area contributed by atoms with E-state index in [-0.39, 0.29) is 11.1 Å². The molecule has 0 unspecified atom stereocenters. The fourth-order valence-corrected chi connectivity index (χ4v) is 2.11. The van der Waals surface area contributed by atoms with Gasteiger partial charge in [0.15, 0.2) is 0 Å². The van der Waals surface area contributed by atoms with Gasteiger partial charge in [-0.05, 0) is 55.3 Å². The molecule has 5 heteroatoms. The Morgan fingerprint density at radius 2 is 1.79 bits per heavy atom. The molecule has 0 saturated carbocycles. The number of carbonyl (C=O) groups excluding carboxylic acids is 1. The maximum atomic E-state index is 12.2. The van der Waals surface area contributed by atoms with Crippen LogP contribution in [-0.4, -0.2) is 17.0 Å². The molecule has 0 aromatic heterocycles. The monoisotopic (exact) mass is 320 g/mol. The van der Waals surface area contributed by atoms with Gasteiger partial charge in [-0.25, -0.2) is 4.79 Å². The van der Waals surface area contributed by atoms with Crippen molar-refractivity contribution in [2.45, 2.75) is 13.8 Å². The van der Waals surface area contributed by atoms with Crippen molar-refractivity contribution in [2.24, 2.45) is 0 Å². The molecule has 0 fully saturated rings. The second-order valence-electron chi connectivity index (χ2n) is 5.37. The Labute approximate surface area is 139 Å². The molecule has 0 bridgehead atoms. The molecule has 24 heavy (non-hydrogen) atoms. The molecular weight excluding hydrogens is 304 g/mol. The molecule has 0 aliphatic heterocycles. The zero-order valence-electron chi connectivity index (χ0n) is 13.3. The second-order valence-corrected chi connectivity index (χ2v) is 5.37. The number of nitrogens with one attached hydrogen (secondary N) is 1. The van der Waals surface area contributed by atoms with Crippen LogP contribution in [0.25, 0.3) is 6.08 Å². The van der Waals surface area contributed by atoms with Crippen LogP contribution >= 0.6 is 0 Å². The molecule has 2 aromatic carbocycles. The van der Waals surface area contributed by atoms with Crippen LogP contribution in [0.15, 0.2) is 48.0 Å². The minimum Gasteiger partial charge on any atom is -0.478 e. The van der Waals surface area contributed by atoms with E-state index in [1.807, 2.05) is 38.1 Å². The van der Waals surface area contributed by atoms with Gasteiger partial charge in [0.2, 0.25) is 0 Å². The number of hydrogen-bond donors (Lipinski definition) is 2. The van der Waals surface area contributed by atoms with Crippen molar-refractivity contribution in [1.82, 2.24) is 0 Å². The van der Waals surface area contributed by atoms with Crippen LogP contribution in [-0.2, 0) is 4.79 Å². The Balaban J connectivity index is 2.23. The highest BCUT2D eigenvalue weighted by atomic mass is 16.4. The van der Waals surface area contributed by atoms with Gasteiger partial charge in [-0.1, -0.05) is 23.8 Å². The maximum Gasteiger partial charge on any atom is 0.335 e. The number of anilines is 1. The third-order valence-corrected chi connectivity index (χ3v) is 3.49. The van der Waals surface area contributed by atoms with E-state index in [1.165, 1.54) is 24.3 Å². The third-order valence-electron chi connectivity index (χ3n) is 3.49. The molecule has 0 atom stereocenters. The molecule has 5 nitrogen and oxygen atoms in total. The van der Waals surface area contributed by atoms with Gasteiger partial charge in [0.05, 0.1) is 5.56 Å². The van der Waals surface area contributed by atoms with Crippen molar-refractivity contribution in [3.05, 3.63) is 70.3 Å². The van der Waals surface area contributed by atoms with Crippen molar-refractivity contribution < 1.29 is 14.7 Å². The molecule has 0 heterocycles. The standard InChI is InChI=1S/C19H16N2O3/c1-12-3-4-13(2)15(9-12)10-16(11-20)18(22)21-17-7-5-14(6-8-17)19(23)24/h3-10H,1-2H3,(H,21,22)(H,23,24)/b16-10+. The van der Waals surface area contributed by atoms with E-state index < -0.39 is 11.9 Å². The first-order valence-electron chi connectivity index (χ1n) is 7.24. The summed E-state index contributed by atoms with van der Waals surface area (Å²) in [6.07, 6.45) is 1.54. The number of nitrogens with zero attached hydrogens (tertiary/aromatic N) is 1. The fraction of sp³-hybridized carbons (Fsp3) is 0.105. The Morgan fingerprint density at radius 1 is 1.12 bits per heavy atom. The van der Waals surface area contributed by atoms with Crippen LogP contribution in [0, 0.1) is 25.2 Å². The average Bonchev–Trinajstić information content (AvgIpc) is 2.56. The van der Waals surface area contributed by atoms with Crippen LogP contribution in [0.4, 0.5) is 5.69 Å². The topological polar surface area (TPSA) is 90.2 Å².